The summed E-state index contributed by atoms with van der Waals surface area (Å²) < 4.78 is 0. The maximum atomic E-state index is 2.53. The fraction of sp³-hybridized carbons (Fsp3) is 0.0294. The van der Waals surface area contributed by atoms with E-state index in [2.05, 4.69) is 254 Å². The summed E-state index contributed by atoms with van der Waals surface area (Å²) in [6.07, 6.45) is 0. The number of fused-ring (bicyclic) bond motifs is 24. The minimum absolute atomic E-state index is 0.451. The van der Waals surface area contributed by atoms with Gasteiger partial charge in [0.2, 0.25) is 0 Å². The monoisotopic (exact) mass is 935 g/mol. The van der Waals surface area contributed by atoms with Crippen LogP contribution in [0.4, 0.5) is 17.1 Å². The fourth-order valence-corrected chi connectivity index (χ4v) is 15.8. The molecule has 0 saturated heterocycles. The predicted octanol–water partition coefficient (Wildman–Crippen LogP) is 18.3. The lowest BCUT2D eigenvalue weighted by atomic mass is 9.67. The number of anilines is 3. The summed E-state index contributed by atoms with van der Waals surface area (Å²) in [5.41, 5.74) is 18.3. The average Bonchev–Trinajstić information content (AvgIpc) is 3.88. The van der Waals surface area contributed by atoms with Crippen LogP contribution in [0.15, 0.2) is 268 Å². The minimum Gasteiger partial charge on any atom is -0.310 e. The molecule has 0 radical (unpaired) electrons. The third kappa shape index (κ3) is 5.19. The van der Waals surface area contributed by atoms with E-state index in [-0.39, 0.29) is 0 Å². The van der Waals surface area contributed by atoms with Crippen molar-refractivity contribution in [1.82, 2.24) is 0 Å². The molecule has 0 aromatic heterocycles. The Morgan fingerprint density at radius 3 is 0.944 bits per heavy atom. The molecule has 12 aromatic rings. The first-order chi connectivity index (χ1) is 35.2. The van der Waals surface area contributed by atoms with Gasteiger partial charge in [-0.05, 0) is 160 Å². The summed E-state index contributed by atoms with van der Waals surface area (Å²) in [5.74, 6) is 0. The van der Waals surface area contributed by atoms with Gasteiger partial charge in [0.25, 0.3) is 0 Å². The molecule has 0 atom stereocenters. The van der Waals surface area contributed by atoms with Gasteiger partial charge < -0.3 is 4.90 Å². The number of hydrogen-bond donors (Lipinski definition) is 0. The highest BCUT2D eigenvalue weighted by Crippen LogP contribution is 2.65. The lowest BCUT2D eigenvalue weighted by Gasteiger charge is -2.40. The molecule has 0 amide bonds. The third-order valence-electron chi connectivity index (χ3n) is 16.2. The molecule has 0 unspecified atom stereocenters. The van der Waals surface area contributed by atoms with Gasteiger partial charge in [0, 0.05) is 36.6 Å². The van der Waals surface area contributed by atoms with Crippen LogP contribution in [0.1, 0.15) is 44.5 Å². The summed E-state index contributed by atoms with van der Waals surface area (Å²) in [6, 6.07) is 94.3. The van der Waals surface area contributed by atoms with Crippen molar-refractivity contribution in [2.75, 3.05) is 4.90 Å². The van der Waals surface area contributed by atoms with Gasteiger partial charge in [-0.15, -0.1) is 0 Å². The van der Waals surface area contributed by atoms with Crippen molar-refractivity contribution >= 4 is 72.9 Å². The third-order valence-corrected chi connectivity index (χ3v) is 18.5. The van der Waals surface area contributed by atoms with E-state index < -0.39 is 10.8 Å². The zero-order valence-electron chi connectivity index (χ0n) is 38.4. The Labute approximate surface area is 421 Å². The molecule has 12 aromatic carbocycles. The molecule has 330 valence electrons. The van der Waals surface area contributed by atoms with Crippen LogP contribution in [-0.2, 0) is 10.8 Å². The Morgan fingerprint density at radius 2 is 0.521 bits per heavy atom. The van der Waals surface area contributed by atoms with Gasteiger partial charge in [0.05, 0.1) is 10.8 Å². The van der Waals surface area contributed by atoms with E-state index >= 15 is 0 Å². The summed E-state index contributed by atoms with van der Waals surface area (Å²) in [5, 5.41) is 7.60. The van der Waals surface area contributed by atoms with Gasteiger partial charge >= 0.3 is 0 Å². The maximum Gasteiger partial charge on any atom is 0.0735 e. The van der Waals surface area contributed by atoms with Gasteiger partial charge in [0.1, 0.15) is 0 Å². The average molecular weight is 936 g/mol. The largest absolute Gasteiger partial charge is 0.310 e. The first-order valence-electron chi connectivity index (χ1n) is 24.6. The zero-order valence-corrected chi connectivity index (χ0v) is 40.1. The Morgan fingerprint density at radius 1 is 0.225 bits per heavy atom. The summed E-state index contributed by atoms with van der Waals surface area (Å²) in [6.45, 7) is 0. The summed E-state index contributed by atoms with van der Waals surface area (Å²) >= 11 is 3.79. The van der Waals surface area contributed by atoms with Gasteiger partial charge in [-0.25, -0.2) is 0 Å². The van der Waals surface area contributed by atoms with E-state index in [1.165, 1.54) is 119 Å². The highest BCUT2D eigenvalue weighted by Gasteiger charge is 2.52. The van der Waals surface area contributed by atoms with Gasteiger partial charge in [-0.1, -0.05) is 212 Å². The van der Waals surface area contributed by atoms with E-state index in [0.29, 0.717) is 0 Å². The smallest absolute Gasteiger partial charge is 0.0735 e. The predicted molar refractivity (Wildman–Crippen MR) is 296 cm³/mol. The molecule has 2 heterocycles. The highest BCUT2D eigenvalue weighted by atomic mass is 32.2. The Balaban J connectivity index is 0.975. The second kappa shape index (κ2) is 14.7. The molecule has 2 aliphatic heterocycles. The van der Waals surface area contributed by atoms with Gasteiger partial charge in [-0.3, -0.25) is 0 Å². The van der Waals surface area contributed by atoms with Crippen molar-refractivity contribution < 1.29 is 0 Å². The molecule has 16 rings (SSSR count). The van der Waals surface area contributed by atoms with Crippen LogP contribution in [-0.4, -0.2) is 0 Å². The van der Waals surface area contributed by atoms with Crippen LogP contribution in [0.2, 0.25) is 0 Å². The van der Waals surface area contributed by atoms with Crippen LogP contribution < -0.4 is 4.90 Å². The van der Waals surface area contributed by atoms with E-state index in [1.54, 1.807) is 0 Å². The quantitative estimate of drug-likeness (QED) is 0.163. The van der Waals surface area contributed by atoms with Crippen molar-refractivity contribution in [3.05, 3.63) is 293 Å². The minimum atomic E-state index is -0.451. The molecule has 4 aliphatic rings. The van der Waals surface area contributed by atoms with E-state index in [1.807, 2.05) is 23.5 Å². The molecule has 0 fully saturated rings. The van der Waals surface area contributed by atoms with Crippen LogP contribution in [0.5, 0.6) is 0 Å². The van der Waals surface area contributed by atoms with Crippen LogP contribution in [0.3, 0.4) is 0 Å². The number of hydrogen-bond acceptors (Lipinski definition) is 3. The summed E-state index contributed by atoms with van der Waals surface area (Å²) in [4.78, 5) is 7.78. The Kier molecular flexibility index (Phi) is 8.24. The number of nitrogens with zero attached hydrogens (tertiary/aromatic N) is 1. The highest BCUT2D eigenvalue weighted by molar-refractivity contribution is 7.99. The molecule has 0 bridgehead atoms. The van der Waals surface area contributed by atoms with Crippen molar-refractivity contribution in [1.29, 1.82) is 0 Å². The van der Waals surface area contributed by atoms with Crippen molar-refractivity contribution in [3.63, 3.8) is 0 Å². The molecule has 1 nitrogen and oxygen atoms in total. The van der Waals surface area contributed by atoms with Gasteiger partial charge in [-0.2, -0.15) is 0 Å². The first-order valence-corrected chi connectivity index (χ1v) is 26.2. The van der Waals surface area contributed by atoms with E-state index in [0.717, 1.165) is 17.1 Å². The lowest BCUT2D eigenvalue weighted by Crippen LogP contribution is -2.32. The van der Waals surface area contributed by atoms with Gasteiger partial charge in [0.15, 0.2) is 0 Å². The molecule has 2 aliphatic carbocycles. The molecule has 0 saturated carbocycles. The zero-order chi connectivity index (χ0) is 46.4. The van der Waals surface area contributed by atoms with Crippen molar-refractivity contribution in [3.8, 4) is 22.3 Å². The lowest BCUT2D eigenvalue weighted by molar-refractivity contribution is 0.722. The van der Waals surface area contributed by atoms with E-state index in [4.69, 9.17) is 0 Å². The second-order valence-electron chi connectivity index (χ2n) is 19.4. The van der Waals surface area contributed by atoms with Crippen molar-refractivity contribution in [2.45, 2.75) is 30.4 Å². The molecular weight excluding hydrogens is 895 g/mol. The number of benzene rings is 12. The van der Waals surface area contributed by atoms with Crippen LogP contribution >= 0.6 is 23.5 Å². The number of rotatable bonds is 3. The van der Waals surface area contributed by atoms with Crippen LogP contribution in [0, 0.1) is 0 Å². The summed E-state index contributed by atoms with van der Waals surface area (Å²) in [7, 11) is 0. The second-order valence-corrected chi connectivity index (χ2v) is 21.6. The Hall–Kier alpha value is -8.08. The molecule has 71 heavy (non-hydrogen) atoms. The molecule has 3 heteroatoms. The van der Waals surface area contributed by atoms with E-state index in [9.17, 15) is 0 Å². The SMILES string of the molecule is c1ccc2c(c1)Sc1ccccc1C21c2ccccc2-c2cc(N(c3ccc4c(c3)-c3ccccc3C43c4ccccc4Sc4ccccc43)c3ccc4c5ccccc5c5ccccc5c4c3)ccc21. The molecular formula is C68H41NS2. The Bertz CT molecular complexity index is 3960. The van der Waals surface area contributed by atoms with Crippen molar-refractivity contribution in [2.24, 2.45) is 0 Å². The van der Waals surface area contributed by atoms with Crippen LogP contribution in [0.25, 0.3) is 54.6 Å². The standard InChI is InChI=1S/C68H41NS2/c1-2-19-47-45(17-1)46-18-3-4-20-48(46)52-39-42(33-36-49(47)52)69(43-34-37-57-53(40-43)50-21-5-7-23-55(50)67(57)59-25-9-13-29-63(59)70-64-30-14-10-26-60(64)67)44-35-38-58-54(41-44)51-22-6-8-24-56(51)68(58)61-27-11-15-31-65(61)71-66-32-16-12-28-62(66)68/h1-41H. The molecule has 2 spiro atoms. The fourth-order valence-electron chi connectivity index (χ4n) is 13.5. The molecule has 0 N–H and O–H groups in total. The maximum absolute atomic E-state index is 2.53. The normalized spacial score (nSPS) is 14.6. The topological polar surface area (TPSA) is 3.24 Å². The first kappa shape index (κ1) is 39.7.